The molecule has 0 saturated heterocycles. The van der Waals surface area contributed by atoms with Crippen molar-refractivity contribution in [3.05, 3.63) is 89.0 Å². The second-order valence-electron chi connectivity index (χ2n) is 7.72. The Balaban J connectivity index is 1.43. The molecule has 3 rings (SSSR count). The quantitative estimate of drug-likeness (QED) is 0.285. The molecule has 3 aromatic rings. The van der Waals surface area contributed by atoms with E-state index in [9.17, 15) is 14.4 Å². The third kappa shape index (κ3) is 7.30. The van der Waals surface area contributed by atoms with Crippen LogP contribution in [0.2, 0.25) is 0 Å². The average Bonchev–Trinajstić information content (AvgIpc) is 2.82. The number of carbonyl (C=O) groups excluding carboxylic acids is 3. The molecule has 0 spiro atoms. The van der Waals surface area contributed by atoms with E-state index in [1.807, 2.05) is 51.1 Å². The van der Waals surface area contributed by atoms with Gasteiger partial charge in [0.25, 0.3) is 5.91 Å². The predicted molar refractivity (Wildman–Crippen MR) is 132 cm³/mol. The lowest BCUT2D eigenvalue weighted by atomic mass is 10.1. The number of anilines is 2. The van der Waals surface area contributed by atoms with Crippen molar-refractivity contribution in [2.45, 2.75) is 20.8 Å². The lowest BCUT2D eigenvalue weighted by Gasteiger charge is -2.09. The maximum atomic E-state index is 12.1. The van der Waals surface area contributed by atoms with Crippen molar-refractivity contribution in [1.29, 1.82) is 0 Å². The fraction of sp³-hybridized carbons (Fsp3) is 0.154. The Morgan fingerprint density at radius 2 is 1.47 bits per heavy atom. The third-order valence-electron chi connectivity index (χ3n) is 4.94. The van der Waals surface area contributed by atoms with E-state index in [4.69, 9.17) is 4.74 Å². The summed E-state index contributed by atoms with van der Waals surface area (Å²) in [7, 11) is 0. The van der Waals surface area contributed by atoms with Gasteiger partial charge in [0, 0.05) is 11.4 Å². The van der Waals surface area contributed by atoms with Crippen LogP contribution >= 0.6 is 0 Å². The first kappa shape index (κ1) is 24.2. The monoisotopic (exact) mass is 458 g/mol. The number of amides is 3. The summed E-state index contributed by atoms with van der Waals surface area (Å²) >= 11 is 0. The first-order valence-electron chi connectivity index (χ1n) is 10.6. The van der Waals surface area contributed by atoms with Gasteiger partial charge in [-0.2, -0.15) is 5.10 Å². The van der Waals surface area contributed by atoms with Crippen molar-refractivity contribution in [1.82, 2.24) is 5.43 Å². The highest BCUT2D eigenvalue weighted by Crippen LogP contribution is 2.15. The highest BCUT2D eigenvalue weighted by Gasteiger charge is 2.12. The normalized spacial score (nSPS) is 10.6. The van der Waals surface area contributed by atoms with E-state index < -0.39 is 11.8 Å². The van der Waals surface area contributed by atoms with Crippen LogP contribution in [0.3, 0.4) is 0 Å². The number of aryl methyl sites for hydroxylation is 3. The minimum Gasteiger partial charge on any atom is -0.484 e. The first-order valence-corrected chi connectivity index (χ1v) is 10.6. The number of benzene rings is 3. The summed E-state index contributed by atoms with van der Waals surface area (Å²) in [4.78, 5) is 35.9. The predicted octanol–water partition coefficient (Wildman–Crippen LogP) is 3.72. The van der Waals surface area contributed by atoms with E-state index in [-0.39, 0.29) is 12.5 Å². The summed E-state index contributed by atoms with van der Waals surface area (Å²) in [5.74, 6) is -1.45. The number of hydrogen-bond donors (Lipinski definition) is 3. The Kier molecular flexibility index (Phi) is 8.12. The van der Waals surface area contributed by atoms with E-state index >= 15 is 0 Å². The highest BCUT2D eigenvalue weighted by molar-refractivity contribution is 6.39. The fourth-order valence-electron chi connectivity index (χ4n) is 2.86. The van der Waals surface area contributed by atoms with Gasteiger partial charge in [0.1, 0.15) is 5.75 Å². The Morgan fingerprint density at radius 3 is 2.15 bits per heavy atom. The zero-order valence-electron chi connectivity index (χ0n) is 19.2. The Morgan fingerprint density at radius 1 is 0.794 bits per heavy atom. The van der Waals surface area contributed by atoms with Gasteiger partial charge in [-0.15, -0.1) is 0 Å². The molecule has 3 N–H and O–H groups in total. The number of hydrogen-bond acceptors (Lipinski definition) is 5. The lowest BCUT2D eigenvalue weighted by Crippen LogP contribution is -2.32. The number of nitrogens with one attached hydrogen (secondary N) is 3. The molecule has 0 unspecified atom stereocenters. The van der Waals surface area contributed by atoms with E-state index in [0.29, 0.717) is 17.0 Å². The maximum Gasteiger partial charge on any atom is 0.329 e. The summed E-state index contributed by atoms with van der Waals surface area (Å²) in [6, 6.07) is 19.6. The van der Waals surface area contributed by atoms with Gasteiger partial charge in [0.2, 0.25) is 0 Å². The smallest absolute Gasteiger partial charge is 0.329 e. The lowest BCUT2D eigenvalue weighted by molar-refractivity contribution is -0.136. The second-order valence-corrected chi connectivity index (χ2v) is 7.72. The van der Waals surface area contributed by atoms with Crippen molar-refractivity contribution in [3.8, 4) is 5.75 Å². The van der Waals surface area contributed by atoms with Crippen molar-refractivity contribution >= 4 is 35.3 Å². The standard InChI is InChI=1S/C26H26N4O4/c1-17-4-9-21(10-5-17)29-25(32)26(33)30-27-15-20-7-12-23(13-8-20)34-16-24(31)28-22-11-6-18(2)19(3)14-22/h4-15H,16H2,1-3H3,(H,28,31)(H,29,32)(H,30,33)/b27-15-. The van der Waals surface area contributed by atoms with Crippen molar-refractivity contribution in [2.75, 3.05) is 17.2 Å². The summed E-state index contributed by atoms with van der Waals surface area (Å²) < 4.78 is 5.51. The second kappa shape index (κ2) is 11.4. The molecule has 0 bridgehead atoms. The molecule has 0 saturated carbocycles. The minimum atomic E-state index is -0.883. The molecule has 0 aliphatic heterocycles. The summed E-state index contributed by atoms with van der Waals surface area (Å²) in [5, 5.41) is 9.09. The number of rotatable bonds is 7. The van der Waals surface area contributed by atoms with Crippen LogP contribution < -0.4 is 20.8 Å². The molecule has 0 fully saturated rings. The molecule has 0 atom stereocenters. The molecule has 0 heterocycles. The number of ether oxygens (including phenoxy) is 1. The molecule has 0 aromatic heterocycles. The molecule has 0 radical (unpaired) electrons. The number of hydrazone groups is 1. The molecule has 34 heavy (non-hydrogen) atoms. The topological polar surface area (TPSA) is 109 Å². The van der Waals surface area contributed by atoms with Gasteiger partial charge < -0.3 is 15.4 Å². The van der Waals surface area contributed by atoms with Crippen LogP contribution in [0.25, 0.3) is 0 Å². The van der Waals surface area contributed by atoms with Crippen LogP contribution in [0.15, 0.2) is 71.8 Å². The fourth-order valence-corrected chi connectivity index (χ4v) is 2.86. The van der Waals surface area contributed by atoms with Crippen LogP contribution in [0.5, 0.6) is 5.75 Å². The minimum absolute atomic E-state index is 0.132. The van der Waals surface area contributed by atoms with Gasteiger partial charge in [0.05, 0.1) is 6.21 Å². The van der Waals surface area contributed by atoms with Crippen molar-refractivity contribution in [2.24, 2.45) is 5.10 Å². The average molecular weight is 459 g/mol. The van der Waals surface area contributed by atoms with Gasteiger partial charge in [-0.25, -0.2) is 5.43 Å². The molecule has 0 aliphatic carbocycles. The highest BCUT2D eigenvalue weighted by atomic mass is 16.5. The van der Waals surface area contributed by atoms with Gasteiger partial charge in [-0.05, 0) is 86.0 Å². The Hall–Kier alpha value is -4.46. The number of nitrogens with zero attached hydrogens (tertiary/aromatic N) is 1. The van der Waals surface area contributed by atoms with Crippen LogP contribution in [-0.2, 0) is 14.4 Å². The van der Waals surface area contributed by atoms with Crippen LogP contribution in [-0.4, -0.2) is 30.5 Å². The molecule has 8 heteroatoms. The molecule has 3 aromatic carbocycles. The Bertz CT molecular complexity index is 1200. The Labute approximate surface area is 198 Å². The van der Waals surface area contributed by atoms with Gasteiger partial charge in [-0.3, -0.25) is 14.4 Å². The van der Waals surface area contributed by atoms with Crippen LogP contribution in [0.1, 0.15) is 22.3 Å². The van der Waals surface area contributed by atoms with Crippen LogP contribution in [0.4, 0.5) is 11.4 Å². The zero-order chi connectivity index (χ0) is 24.5. The number of carbonyl (C=O) groups is 3. The SMILES string of the molecule is Cc1ccc(NC(=O)C(=O)N/N=C\c2ccc(OCC(=O)Nc3ccc(C)c(C)c3)cc2)cc1. The maximum absolute atomic E-state index is 12.1. The van der Waals surface area contributed by atoms with Crippen molar-refractivity contribution < 1.29 is 19.1 Å². The van der Waals surface area contributed by atoms with E-state index in [1.165, 1.54) is 6.21 Å². The first-order chi connectivity index (χ1) is 16.3. The van der Waals surface area contributed by atoms with E-state index in [0.717, 1.165) is 22.4 Å². The molecular formula is C26H26N4O4. The summed E-state index contributed by atoms with van der Waals surface area (Å²) in [6.07, 6.45) is 1.40. The summed E-state index contributed by atoms with van der Waals surface area (Å²) in [5.41, 5.74) is 7.39. The van der Waals surface area contributed by atoms with E-state index in [2.05, 4.69) is 21.2 Å². The van der Waals surface area contributed by atoms with Gasteiger partial charge >= 0.3 is 11.8 Å². The van der Waals surface area contributed by atoms with Gasteiger partial charge in [-0.1, -0.05) is 23.8 Å². The largest absolute Gasteiger partial charge is 0.484 e. The summed E-state index contributed by atoms with van der Waals surface area (Å²) in [6.45, 7) is 5.79. The van der Waals surface area contributed by atoms with Crippen molar-refractivity contribution in [3.63, 3.8) is 0 Å². The van der Waals surface area contributed by atoms with E-state index in [1.54, 1.807) is 36.4 Å². The molecule has 8 nitrogen and oxygen atoms in total. The third-order valence-corrected chi connectivity index (χ3v) is 4.94. The molecule has 0 aliphatic rings. The molecule has 174 valence electrons. The van der Waals surface area contributed by atoms with Gasteiger partial charge in [0.15, 0.2) is 6.61 Å². The molecular weight excluding hydrogens is 432 g/mol. The molecule has 3 amide bonds. The van der Waals surface area contributed by atoms with Crippen LogP contribution in [0, 0.1) is 20.8 Å². The zero-order valence-corrected chi connectivity index (χ0v) is 19.2.